The zero-order valence-electron chi connectivity index (χ0n) is 12.3. The number of allylic oxidation sites excluding steroid dienone is 1. The number of rotatable bonds is 6. The van der Waals surface area contributed by atoms with Gasteiger partial charge in [-0.25, -0.2) is 0 Å². The summed E-state index contributed by atoms with van der Waals surface area (Å²) < 4.78 is 0. The molecule has 0 heterocycles. The number of carbonyl (C=O) groups is 1. The molecular formula is C18H24OS. The molecule has 0 amide bonds. The van der Waals surface area contributed by atoms with Crippen molar-refractivity contribution in [2.45, 2.75) is 56.8 Å². The van der Waals surface area contributed by atoms with Crippen molar-refractivity contribution in [2.24, 2.45) is 5.92 Å². The zero-order valence-corrected chi connectivity index (χ0v) is 13.1. The normalized spacial score (nSPS) is 21.1. The molecule has 1 aliphatic carbocycles. The maximum Gasteiger partial charge on any atom is 0.140 e. The van der Waals surface area contributed by atoms with Gasteiger partial charge in [-0.15, -0.1) is 0 Å². The Morgan fingerprint density at radius 3 is 2.85 bits per heavy atom. The standard InChI is InChI=1S/C18H24OS/c1-2-3-13-18(19)17-12-8-7-9-15(17)14-20-16-10-5-4-6-11-16/h4-6,10-11,14,17H,2-3,7-9,12-13H2,1H3/b15-14+. The van der Waals surface area contributed by atoms with Crippen LogP contribution in [0.15, 0.2) is 46.2 Å². The molecule has 1 fully saturated rings. The lowest BCUT2D eigenvalue weighted by Gasteiger charge is -2.24. The fraction of sp³-hybridized carbons (Fsp3) is 0.500. The molecule has 2 heteroatoms. The van der Waals surface area contributed by atoms with Gasteiger partial charge < -0.3 is 0 Å². The Balaban J connectivity index is 2.00. The van der Waals surface area contributed by atoms with E-state index in [0.717, 1.165) is 32.1 Å². The molecule has 1 aromatic rings. The smallest absolute Gasteiger partial charge is 0.140 e. The van der Waals surface area contributed by atoms with Crippen molar-refractivity contribution in [3.63, 3.8) is 0 Å². The number of unbranched alkanes of at least 4 members (excludes halogenated alkanes) is 1. The summed E-state index contributed by atoms with van der Waals surface area (Å²) in [4.78, 5) is 13.6. The Kier molecular flexibility index (Phi) is 6.38. The van der Waals surface area contributed by atoms with E-state index in [0.29, 0.717) is 5.78 Å². The van der Waals surface area contributed by atoms with Gasteiger partial charge in [0.05, 0.1) is 0 Å². The Morgan fingerprint density at radius 1 is 1.30 bits per heavy atom. The van der Waals surface area contributed by atoms with Crippen molar-refractivity contribution in [3.05, 3.63) is 41.3 Å². The molecule has 0 spiro atoms. The second kappa shape index (κ2) is 8.31. The number of ketones is 1. The molecule has 1 aromatic carbocycles. The van der Waals surface area contributed by atoms with Crippen LogP contribution >= 0.6 is 11.8 Å². The summed E-state index contributed by atoms with van der Waals surface area (Å²) in [6, 6.07) is 10.4. The molecule has 108 valence electrons. The first-order chi connectivity index (χ1) is 9.81. The zero-order chi connectivity index (χ0) is 14.2. The van der Waals surface area contributed by atoms with Crippen LogP contribution in [0.25, 0.3) is 0 Å². The summed E-state index contributed by atoms with van der Waals surface area (Å²) in [6.45, 7) is 2.15. The third kappa shape index (κ3) is 4.52. The van der Waals surface area contributed by atoms with Crippen LogP contribution in [0.4, 0.5) is 0 Å². The maximum atomic E-state index is 12.3. The van der Waals surface area contributed by atoms with Gasteiger partial charge in [0.1, 0.15) is 5.78 Å². The third-order valence-corrected chi connectivity index (χ3v) is 4.88. The SMILES string of the molecule is CCCCC(=O)C1CCCC/C1=C\Sc1ccccc1. The quantitative estimate of drug-likeness (QED) is 0.633. The minimum Gasteiger partial charge on any atom is -0.299 e. The first-order valence-electron chi connectivity index (χ1n) is 7.74. The number of carbonyl (C=O) groups excluding carboxylic acids is 1. The van der Waals surface area contributed by atoms with Crippen molar-refractivity contribution >= 4 is 17.5 Å². The van der Waals surface area contributed by atoms with E-state index in [-0.39, 0.29) is 5.92 Å². The van der Waals surface area contributed by atoms with Crippen molar-refractivity contribution in [1.29, 1.82) is 0 Å². The lowest BCUT2D eigenvalue weighted by molar-refractivity contribution is -0.122. The lowest BCUT2D eigenvalue weighted by Crippen LogP contribution is -2.20. The summed E-state index contributed by atoms with van der Waals surface area (Å²) in [5.74, 6) is 0.665. The topological polar surface area (TPSA) is 17.1 Å². The van der Waals surface area contributed by atoms with E-state index >= 15 is 0 Å². The maximum absolute atomic E-state index is 12.3. The van der Waals surface area contributed by atoms with Crippen molar-refractivity contribution in [1.82, 2.24) is 0 Å². The highest BCUT2D eigenvalue weighted by Gasteiger charge is 2.24. The van der Waals surface area contributed by atoms with Crippen LogP contribution in [0.3, 0.4) is 0 Å². The highest BCUT2D eigenvalue weighted by Crippen LogP contribution is 2.34. The number of hydrogen-bond acceptors (Lipinski definition) is 2. The Morgan fingerprint density at radius 2 is 2.10 bits per heavy atom. The predicted octanol–water partition coefficient (Wildman–Crippen LogP) is 5.61. The molecule has 1 saturated carbocycles. The van der Waals surface area contributed by atoms with Crippen LogP contribution in [0.5, 0.6) is 0 Å². The van der Waals surface area contributed by atoms with Crippen LogP contribution < -0.4 is 0 Å². The molecule has 1 aliphatic rings. The number of thioether (sulfide) groups is 1. The Labute approximate surface area is 126 Å². The van der Waals surface area contributed by atoms with Gasteiger partial charge >= 0.3 is 0 Å². The van der Waals surface area contributed by atoms with Gasteiger partial charge in [-0.2, -0.15) is 0 Å². The second-order valence-electron chi connectivity index (χ2n) is 5.49. The Bertz CT molecular complexity index is 450. The summed E-state index contributed by atoms with van der Waals surface area (Å²) >= 11 is 1.76. The molecule has 2 rings (SSSR count). The van der Waals surface area contributed by atoms with Crippen LogP contribution in [-0.4, -0.2) is 5.78 Å². The van der Waals surface area contributed by atoms with Crippen molar-refractivity contribution < 1.29 is 4.79 Å². The average molecular weight is 288 g/mol. The fourth-order valence-corrected chi connectivity index (χ4v) is 3.60. The summed E-state index contributed by atoms with van der Waals surface area (Å²) in [5.41, 5.74) is 1.37. The highest BCUT2D eigenvalue weighted by atomic mass is 32.2. The third-order valence-electron chi connectivity index (χ3n) is 3.91. The fourth-order valence-electron chi connectivity index (χ4n) is 2.71. The minimum atomic E-state index is 0.200. The average Bonchev–Trinajstić information content (AvgIpc) is 2.52. The molecule has 0 saturated heterocycles. The van der Waals surface area contributed by atoms with Gasteiger partial charge in [0.25, 0.3) is 0 Å². The van der Waals surface area contributed by atoms with Crippen LogP contribution in [0.2, 0.25) is 0 Å². The second-order valence-corrected chi connectivity index (χ2v) is 6.43. The summed E-state index contributed by atoms with van der Waals surface area (Å²) in [6.07, 6.45) is 7.50. The molecule has 20 heavy (non-hydrogen) atoms. The molecular weight excluding hydrogens is 264 g/mol. The van der Waals surface area contributed by atoms with E-state index in [4.69, 9.17) is 0 Å². The Hall–Kier alpha value is -1.02. The van der Waals surface area contributed by atoms with Crippen molar-refractivity contribution in [2.75, 3.05) is 0 Å². The minimum absolute atomic E-state index is 0.200. The summed E-state index contributed by atoms with van der Waals surface area (Å²) in [7, 11) is 0. The van der Waals surface area contributed by atoms with Gasteiger partial charge in [0, 0.05) is 17.2 Å². The number of hydrogen-bond donors (Lipinski definition) is 0. The van der Waals surface area contributed by atoms with E-state index in [1.807, 2.05) is 6.07 Å². The molecule has 1 atom stereocenters. The number of benzene rings is 1. The van der Waals surface area contributed by atoms with E-state index in [9.17, 15) is 4.79 Å². The predicted molar refractivity (Wildman–Crippen MR) is 86.9 cm³/mol. The molecule has 0 radical (unpaired) electrons. The molecule has 1 nitrogen and oxygen atoms in total. The first kappa shape index (κ1) is 15.4. The highest BCUT2D eigenvalue weighted by molar-refractivity contribution is 8.02. The molecule has 0 bridgehead atoms. The molecule has 0 aliphatic heterocycles. The van der Waals surface area contributed by atoms with E-state index in [1.54, 1.807) is 11.8 Å². The van der Waals surface area contributed by atoms with Crippen molar-refractivity contribution in [3.8, 4) is 0 Å². The monoisotopic (exact) mass is 288 g/mol. The van der Waals surface area contributed by atoms with Gasteiger partial charge in [-0.05, 0) is 43.2 Å². The van der Waals surface area contributed by atoms with Gasteiger partial charge in [0.2, 0.25) is 0 Å². The molecule has 1 unspecified atom stereocenters. The van der Waals surface area contributed by atoms with E-state index < -0.39 is 0 Å². The van der Waals surface area contributed by atoms with Crippen LogP contribution in [-0.2, 0) is 4.79 Å². The largest absolute Gasteiger partial charge is 0.299 e. The molecule has 0 N–H and O–H groups in total. The molecule has 0 aromatic heterocycles. The van der Waals surface area contributed by atoms with Gasteiger partial charge in [-0.1, -0.05) is 55.3 Å². The number of Topliss-reactive ketones (excluding diaryl/α,β-unsaturated/α-hetero) is 1. The van der Waals surface area contributed by atoms with Crippen LogP contribution in [0.1, 0.15) is 51.9 Å². The lowest BCUT2D eigenvalue weighted by atomic mass is 9.81. The van der Waals surface area contributed by atoms with Crippen LogP contribution in [0, 0.1) is 5.92 Å². The summed E-state index contributed by atoms with van der Waals surface area (Å²) in [5, 5.41) is 2.24. The van der Waals surface area contributed by atoms with Gasteiger partial charge in [-0.3, -0.25) is 4.79 Å². The van der Waals surface area contributed by atoms with Gasteiger partial charge in [0.15, 0.2) is 0 Å². The van der Waals surface area contributed by atoms with E-state index in [1.165, 1.54) is 23.3 Å². The first-order valence-corrected chi connectivity index (χ1v) is 8.62. The van der Waals surface area contributed by atoms with E-state index in [2.05, 4.69) is 36.6 Å².